The van der Waals surface area contributed by atoms with Crippen LogP contribution in [0, 0.1) is 0 Å². The second kappa shape index (κ2) is 8.31. The zero-order chi connectivity index (χ0) is 19.7. The molecule has 1 aliphatic carbocycles. The summed E-state index contributed by atoms with van der Waals surface area (Å²) in [4.78, 5) is 36.1. The summed E-state index contributed by atoms with van der Waals surface area (Å²) in [6.45, 7) is 8.60. The van der Waals surface area contributed by atoms with Crippen LogP contribution in [0.4, 0.5) is 0 Å². The molecule has 3 heterocycles. The number of aromatic nitrogens is 2. The Balaban J connectivity index is 1.38. The molecule has 0 spiro atoms. The van der Waals surface area contributed by atoms with Crippen LogP contribution in [-0.4, -0.2) is 63.9 Å². The Kier molecular flexibility index (Phi) is 5.80. The van der Waals surface area contributed by atoms with E-state index in [1.54, 1.807) is 17.4 Å². The summed E-state index contributed by atoms with van der Waals surface area (Å²) in [5.41, 5.74) is 2.10. The molecular formula is C20H29N5O2S. The molecule has 0 bridgehead atoms. The van der Waals surface area contributed by atoms with Crippen molar-refractivity contribution in [2.45, 2.75) is 52.1 Å². The summed E-state index contributed by atoms with van der Waals surface area (Å²) in [6, 6.07) is 1.88. The van der Waals surface area contributed by atoms with Gasteiger partial charge in [-0.25, -0.2) is 4.98 Å². The van der Waals surface area contributed by atoms with Crippen molar-refractivity contribution < 1.29 is 4.79 Å². The summed E-state index contributed by atoms with van der Waals surface area (Å²) >= 11 is 1.68. The minimum Gasteiger partial charge on any atom is -0.353 e. The predicted octanol–water partition coefficient (Wildman–Crippen LogP) is 1.28. The summed E-state index contributed by atoms with van der Waals surface area (Å²) < 4.78 is 1.83. The number of carbonyl (C=O) groups excluding carboxylic acids is 1. The Morgan fingerprint density at radius 1 is 1.18 bits per heavy atom. The van der Waals surface area contributed by atoms with Gasteiger partial charge in [0.15, 0.2) is 4.96 Å². The van der Waals surface area contributed by atoms with E-state index in [1.165, 1.54) is 17.0 Å². The van der Waals surface area contributed by atoms with Crippen molar-refractivity contribution in [3.05, 3.63) is 32.7 Å². The highest BCUT2D eigenvalue weighted by molar-refractivity contribution is 7.17. The number of nitrogens with zero attached hydrogens (tertiary/aromatic N) is 4. The first-order valence-corrected chi connectivity index (χ1v) is 11.1. The molecule has 152 valence electrons. The average molecular weight is 404 g/mol. The van der Waals surface area contributed by atoms with Crippen molar-refractivity contribution in [2.24, 2.45) is 0 Å². The maximum Gasteiger partial charge on any atom is 0.259 e. The van der Waals surface area contributed by atoms with Gasteiger partial charge in [0, 0.05) is 55.4 Å². The molecule has 0 radical (unpaired) electrons. The second-order valence-corrected chi connectivity index (χ2v) is 9.22. The van der Waals surface area contributed by atoms with Crippen molar-refractivity contribution >= 4 is 22.2 Å². The van der Waals surface area contributed by atoms with E-state index in [1.807, 2.05) is 18.2 Å². The van der Waals surface area contributed by atoms with Crippen molar-refractivity contribution in [3.8, 4) is 0 Å². The Hall–Kier alpha value is -1.77. The van der Waals surface area contributed by atoms with Crippen LogP contribution in [0.15, 0.2) is 10.9 Å². The molecule has 2 aromatic heterocycles. The molecule has 4 rings (SSSR count). The van der Waals surface area contributed by atoms with Crippen LogP contribution >= 0.6 is 11.3 Å². The van der Waals surface area contributed by atoms with Gasteiger partial charge in [0.1, 0.15) is 0 Å². The van der Waals surface area contributed by atoms with Gasteiger partial charge in [0.25, 0.3) is 5.56 Å². The van der Waals surface area contributed by atoms with E-state index in [9.17, 15) is 9.59 Å². The highest BCUT2D eigenvalue weighted by Gasteiger charge is 2.22. The molecule has 1 N–H and O–H groups in total. The minimum atomic E-state index is 0.0587. The average Bonchev–Trinajstić information content (AvgIpc) is 3.01. The number of carbonyl (C=O) groups is 1. The first-order chi connectivity index (χ1) is 13.5. The first-order valence-electron chi connectivity index (χ1n) is 10.3. The smallest absolute Gasteiger partial charge is 0.259 e. The highest BCUT2D eigenvalue weighted by Crippen LogP contribution is 2.28. The molecular weight excluding hydrogens is 374 g/mol. The molecule has 1 amide bonds. The molecule has 0 saturated carbocycles. The van der Waals surface area contributed by atoms with Gasteiger partial charge in [-0.15, -0.1) is 11.3 Å². The molecule has 0 aromatic carbocycles. The monoisotopic (exact) mass is 403 g/mol. The van der Waals surface area contributed by atoms with Crippen LogP contribution in [0.2, 0.25) is 0 Å². The first kappa shape index (κ1) is 19.5. The van der Waals surface area contributed by atoms with Crippen LogP contribution in [0.5, 0.6) is 0 Å². The predicted molar refractivity (Wildman–Crippen MR) is 111 cm³/mol. The van der Waals surface area contributed by atoms with E-state index in [0.717, 1.165) is 56.1 Å². The van der Waals surface area contributed by atoms with Gasteiger partial charge >= 0.3 is 0 Å². The number of nitrogens with one attached hydrogen (secondary N) is 1. The number of piperazine rings is 1. The molecule has 8 heteroatoms. The quantitative estimate of drug-likeness (QED) is 0.814. The Morgan fingerprint density at radius 3 is 2.64 bits per heavy atom. The maximum absolute atomic E-state index is 12.7. The largest absolute Gasteiger partial charge is 0.353 e. The van der Waals surface area contributed by atoms with Gasteiger partial charge in [-0.05, 0) is 39.5 Å². The van der Waals surface area contributed by atoms with Crippen LogP contribution in [-0.2, 0) is 24.2 Å². The van der Waals surface area contributed by atoms with E-state index in [2.05, 4.69) is 15.1 Å². The number of hydrogen-bond donors (Lipinski definition) is 1. The number of rotatable bonds is 5. The van der Waals surface area contributed by atoms with Crippen LogP contribution in [0.3, 0.4) is 0 Å². The van der Waals surface area contributed by atoms with Crippen molar-refractivity contribution in [3.63, 3.8) is 0 Å². The summed E-state index contributed by atoms with van der Waals surface area (Å²) in [5.74, 6) is 0.0882. The SMILES string of the molecule is CC(C)NC(=O)CN1CCN(Cc2cc(=O)n3c4c(sc3n2)CCCC4)CC1. The van der Waals surface area contributed by atoms with E-state index in [0.29, 0.717) is 13.1 Å². The third-order valence-electron chi connectivity index (χ3n) is 5.48. The maximum atomic E-state index is 12.7. The van der Waals surface area contributed by atoms with Crippen LogP contribution < -0.4 is 10.9 Å². The number of aryl methyl sites for hydroxylation is 2. The fraction of sp³-hybridized carbons (Fsp3) is 0.650. The van der Waals surface area contributed by atoms with E-state index in [-0.39, 0.29) is 17.5 Å². The number of hydrogen-bond acceptors (Lipinski definition) is 6. The summed E-state index contributed by atoms with van der Waals surface area (Å²) in [7, 11) is 0. The van der Waals surface area contributed by atoms with Crippen LogP contribution in [0.25, 0.3) is 4.96 Å². The third-order valence-corrected chi connectivity index (χ3v) is 6.62. The minimum absolute atomic E-state index is 0.0587. The fourth-order valence-corrected chi connectivity index (χ4v) is 5.36. The molecule has 2 aliphatic rings. The lowest BCUT2D eigenvalue weighted by Gasteiger charge is -2.34. The molecule has 2 aromatic rings. The zero-order valence-electron chi connectivity index (χ0n) is 16.7. The van der Waals surface area contributed by atoms with Crippen molar-refractivity contribution in [2.75, 3.05) is 32.7 Å². The zero-order valence-corrected chi connectivity index (χ0v) is 17.6. The van der Waals surface area contributed by atoms with Gasteiger partial charge in [-0.3, -0.25) is 23.8 Å². The Bertz CT molecular complexity index is 911. The van der Waals surface area contributed by atoms with Crippen molar-refractivity contribution in [1.82, 2.24) is 24.5 Å². The lowest BCUT2D eigenvalue weighted by atomic mass is 10.0. The molecule has 1 aliphatic heterocycles. The number of amides is 1. The second-order valence-electron chi connectivity index (χ2n) is 8.16. The Morgan fingerprint density at radius 2 is 1.89 bits per heavy atom. The van der Waals surface area contributed by atoms with Gasteiger partial charge in [-0.2, -0.15) is 0 Å². The third kappa shape index (κ3) is 4.29. The standard InChI is InChI=1S/C20H29N5O2S/c1-14(2)21-18(26)13-24-9-7-23(8-10-24)12-15-11-19(27)25-16-5-3-4-6-17(16)28-20(25)22-15/h11,14H,3-10,12-13H2,1-2H3,(H,21,26). The lowest BCUT2D eigenvalue weighted by Crippen LogP contribution is -2.49. The highest BCUT2D eigenvalue weighted by atomic mass is 32.1. The van der Waals surface area contributed by atoms with Gasteiger partial charge in [-0.1, -0.05) is 0 Å². The van der Waals surface area contributed by atoms with E-state index >= 15 is 0 Å². The fourth-order valence-electron chi connectivity index (χ4n) is 4.13. The topological polar surface area (TPSA) is 70.0 Å². The normalized spacial score (nSPS) is 18.5. The van der Waals surface area contributed by atoms with E-state index < -0.39 is 0 Å². The van der Waals surface area contributed by atoms with Crippen molar-refractivity contribution in [1.29, 1.82) is 0 Å². The molecule has 7 nitrogen and oxygen atoms in total. The van der Waals surface area contributed by atoms with Gasteiger partial charge < -0.3 is 5.32 Å². The van der Waals surface area contributed by atoms with Gasteiger partial charge in [0.05, 0.1) is 12.2 Å². The number of fused-ring (bicyclic) bond motifs is 3. The summed E-state index contributed by atoms with van der Waals surface area (Å²) in [6.07, 6.45) is 4.43. The van der Waals surface area contributed by atoms with E-state index in [4.69, 9.17) is 4.98 Å². The molecule has 1 saturated heterocycles. The molecule has 1 fully saturated rings. The number of thiazole rings is 1. The Labute approximate surface area is 169 Å². The molecule has 0 atom stereocenters. The van der Waals surface area contributed by atoms with Crippen LogP contribution in [0.1, 0.15) is 43.0 Å². The lowest BCUT2D eigenvalue weighted by molar-refractivity contribution is -0.123. The summed E-state index contributed by atoms with van der Waals surface area (Å²) in [5, 5.41) is 2.94. The molecule has 0 unspecified atom stereocenters. The van der Waals surface area contributed by atoms with Gasteiger partial charge in [0.2, 0.25) is 5.91 Å². The molecule has 28 heavy (non-hydrogen) atoms.